The van der Waals surface area contributed by atoms with Crippen LogP contribution in [0.4, 0.5) is 0 Å². The van der Waals surface area contributed by atoms with Crippen LogP contribution < -0.4 is 5.32 Å². The van der Waals surface area contributed by atoms with Crippen molar-refractivity contribution >= 4 is 11.8 Å². The number of hydrogen-bond donors (Lipinski definition) is 1. The number of amides is 2. The van der Waals surface area contributed by atoms with Crippen LogP contribution in [0.25, 0.3) is 0 Å². The van der Waals surface area contributed by atoms with Crippen molar-refractivity contribution in [1.29, 1.82) is 0 Å². The second kappa shape index (κ2) is 9.30. The topological polar surface area (TPSA) is 88.3 Å². The summed E-state index contributed by atoms with van der Waals surface area (Å²) in [7, 11) is 0. The Hall–Kier alpha value is -2.70. The van der Waals surface area contributed by atoms with Gasteiger partial charge < -0.3 is 14.7 Å². The molecule has 0 radical (unpaired) electrons. The van der Waals surface area contributed by atoms with E-state index in [-0.39, 0.29) is 23.4 Å². The Morgan fingerprint density at radius 1 is 1.19 bits per heavy atom. The molecule has 1 aliphatic rings. The molecule has 1 saturated carbocycles. The van der Waals surface area contributed by atoms with Crippen molar-refractivity contribution in [3.63, 3.8) is 0 Å². The molecule has 0 atom stereocenters. The van der Waals surface area contributed by atoms with Crippen molar-refractivity contribution in [3.05, 3.63) is 47.6 Å². The number of pyridine rings is 1. The lowest BCUT2D eigenvalue weighted by Gasteiger charge is -2.28. The normalized spacial score (nSPS) is 14.7. The number of nitrogens with one attached hydrogen (secondary N) is 1. The Bertz CT molecular complexity index is 754. The monoisotopic (exact) mass is 370 g/mol. The zero-order valence-corrected chi connectivity index (χ0v) is 15.7. The van der Waals surface area contributed by atoms with E-state index in [9.17, 15) is 9.59 Å². The van der Waals surface area contributed by atoms with E-state index < -0.39 is 0 Å². The smallest absolute Gasteiger partial charge is 0.273 e. The lowest BCUT2D eigenvalue weighted by molar-refractivity contribution is -0.138. The molecule has 144 valence electrons. The van der Waals surface area contributed by atoms with Crippen LogP contribution in [0.15, 0.2) is 35.1 Å². The molecule has 3 rings (SSSR count). The summed E-state index contributed by atoms with van der Waals surface area (Å²) in [5, 5.41) is 6.53. The SMILES string of the molecule is CCNC(=O)c1cc(CN(Cc2ccncc2)C(=O)C2CCCCC2)on1. The summed E-state index contributed by atoms with van der Waals surface area (Å²) < 4.78 is 5.32. The summed E-state index contributed by atoms with van der Waals surface area (Å²) in [6.07, 6.45) is 8.72. The van der Waals surface area contributed by atoms with Crippen LogP contribution >= 0.6 is 0 Å². The summed E-state index contributed by atoms with van der Waals surface area (Å²) in [6.45, 7) is 3.15. The Kier molecular flexibility index (Phi) is 6.57. The summed E-state index contributed by atoms with van der Waals surface area (Å²) >= 11 is 0. The molecule has 0 aliphatic heterocycles. The lowest BCUT2D eigenvalue weighted by atomic mass is 9.88. The Labute approximate surface area is 159 Å². The van der Waals surface area contributed by atoms with Crippen LogP contribution in [0.5, 0.6) is 0 Å². The third-order valence-corrected chi connectivity index (χ3v) is 4.86. The second-order valence-corrected chi connectivity index (χ2v) is 6.92. The van der Waals surface area contributed by atoms with Gasteiger partial charge in [0.25, 0.3) is 5.91 Å². The second-order valence-electron chi connectivity index (χ2n) is 6.92. The molecular weight excluding hydrogens is 344 g/mol. The lowest BCUT2D eigenvalue weighted by Crippen LogP contribution is -2.36. The molecule has 0 spiro atoms. The first-order valence-corrected chi connectivity index (χ1v) is 9.59. The number of carbonyl (C=O) groups excluding carboxylic acids is 2. The summed E-state index contributed by atoms with van der Waals surface area (Å²) in [5.74, 6) is 0.440. The van der Waals surface area contributed by atoms with Crippen molar-refractivity contribution in [2.45, 2.75) is 52.1 Å². The number of rotatable bonds is 7. The fourth-order valence-electron chi connectivity index (χ4n) is 3.46. The predicted octanol–water partition coefficient (Wildman–Crippen LogP) is 2.93. The maximum absolute atomic E-state index is 13.1. The maximum atomic E-state index is 13.1. The Morgan fingerprint density at radius 3 is 2.63 bits per heavy atom. The molecule has 1 N–H and O–H groups in total. The van der Waals surface area contributed by atoms with E-state index in [1.54, 1.807) is 23.4 Å². The molecule has 0 unspecified atom stereocenters. The van der Waals surface area contributed by atoms with Crippen molar-refractivity contribution < 1.29 is 14.1 Å². The minimum absolute atomic E-state index is 0.0615. The van der Waals surface area contributed by atoms with E-state index >= 15 is 0 Å². The molecule has 2 heterocycles. The van der Waals surface area contributed by atoms with Crippen molar-refractivity contribution in [1.82, 2.24) is 20.4 Å². The van der Waals surface area contributed by atoms with E-state index in [0.29, 0.717) is 25.4 Å². The van der Waals surface area contributed by atoms with Gasteiger partial charge in [0.1, 0.15) is 0 Å². The molecule has 1 fully saturated rings. The quantitative estimate of drug-likeness (QED) is 0.809. The minimum Gasteiger partial charge on any atom is -0.359 e. The number of aromatic nitrogens is 2. The van der Waals surface area contributed by atoms with Crippen LogP contribution in [-0.2, 0) is 17.9 Å². The summed E-state index contributed by atoms with van der Waals surface area (Å²) in [6, 6.07) is 5.42. The zero-order chi connectivity index (χ0) is 19.1. The van der Waals surface area contributed by atoms with Gasteiger partial charge >= 0.3 is 0 Å². The van der Waals surface area contributed by atoms with Crippen LogP contribution in [0.1, 0.15) is 60.8 Å². The molecule has 27 heavy (non-hydrogen) atoms. The molecule has 2 aromatic rings. The van der Waals surface area contributed by atoms with Gasteiger partial charge in [-0.3, -0.25) is 14.6 Å². The largest absolute Gasteiger partial charge is 0.359 e. The van der Waals surface area contributed by atoms with E-state index in [1.165, 1.54) is 6.42 Å². The predicted molar refractivity (Wildman–Crippen MR) is 99.6 cm³/mol. The molecule has 7 nitrogen and oxygen atoms in total. The first kappa shape index (κ1) is 19.1. The van der Waals surface area contributed by atoms with E-state index in [4.69, 9.17) is 4.52 Å². The van der Waals surface area contributed by atoms with Crippen LogP contribution in [0.2, 0.25) is 0 Å². The van der Waals surface area contributed by atoms with Gasteiger partial charge in [0.15, 0.2) is 11.5 Å². The number of carbonyl (C=O) groups is 2. The van der Waals surface area contributed by atoms with Crippen LogP contribution in [0, 0.1) is 5.92 Å². The van der Waals surface area contributed by atoms with Gasteiger partial charge in [0, 0.05) is 37.5 Å². The average Bonchev–Trinajstić information content (AvgIpc) is 3.17. The first-order valence-electron chi connectivity index (χ1n) is 9.59. The highest BCUT2D eigenvalue weighted by molar-refractivity contribution is 5.92. The van der Waals surface area contributed by atoms with Crippen molar-refractivity contribution in [2.75, 3.05) is 6.54 Å². The molecular formula is C20H26N4O3. The van der Waals surface area contributed by atoms with Gasteiger partial charge in [-0.25, -0.2) is 0 Å². The molecule has 0 aromatic carbocycles. The number of hydrogen-bond acceptors (Lipinski definition) is 5. The van der Waals surface area contributed by atoms with E-state index in [0.717, 1.165) is 31.2 Å². The Morgan fingerprint density at radius 2 is 1.93 bits per heavy atom. The van der Waals surface area contributed by atoms with Gasteiger partial charge in [0.05, 0.1) is 6.54 Å². The highest BCUT2D eigenvalue weighted by Gasteiger charge is 2.27. The van der Waals surface area contributed by atoms with Gasteiger partial charge in [-0.2, -0.15) is 0 Å². The first-order chi connectivity index (χ1) is 13.2. The van der Waals surface area contributed by atoms with Gasteiger partial charge in [0.2, 0.25) is 5.91 Å². The molecule has 1 aliphatic carbocycles. The van der Waals surface area contributed by atoms with Crippen LogP contribution in [0.3, 0.4) is 0 Å². The molecule has 7 heteroatoms. The molecule has 0 saturated heterocycles. The maximum Gasteiger partial charge on any atom is 0.273 e. The number of nitrogens with zero attached hydrogens (tertiary/aromatic N) is 3. The summed E-state index contributed by atoms with van der Waals surface area (Å²) in [4.78, 5) is 30.8. The summed E-state index contributed by atoms with van der Waals surface area (Å²) in [5.41, 5.74) is 1.25. The van der Waals surface area contributed by atoms with E-state index in [2.05, 4.69) is 15.5 Å². The third-order valence-electron chi connectivity index (χ3n) is 4.86. The van der Waals surface area contributed by atoms with Crippen molar-refractivity contribution in [3.8, 4) is 0 Å². The third kappa shape index (κ3) is 5.15. The highest BCUT2D eigenvalue weighted by Crippen LogP contribution is 2.27. The zero-order valence-electron chi connectivity index (χ0n) is 15.7. The average molecular weight is 370 g/mol. The molecule has 2 amide bonds. The van der Waals surface area contributed by atoms with Gasteiger partial charge in [-0.1, -0.05) is 24.4 Å². The highest BCUT2D eigenvalue weighted by atomic mass is 16.5. The van der Waals surface area contributed by atoms with Crippen molar-refractivity contribution in [2.24, 2.45) is 5.92 Å². The fraction of sp³-hybridized carbons (Fsp3) is 0.500. The van der Waals surface area contributed by atoms with E-state index in [1.807, 2.05) is 19.1 Å². The fourth-order valence-corrected chi connectivity index (χ4v) is 3.46. The van der Waals surface area contributed by atoms with Crippen LogP contribution in [-0.4, -0.2) is 33.4 Å². The van der Waals surface area contributed by atoms with Gasteiger partial charge in [-0.15, -0.1) is 0 Å². The Balaban J connectivity index is 1.74. The minimum atomic E-state index is -0.271. The van der Waals surface area contributed by atoms with Gasteiger partial charge in [-0.05, 0) is 37.5 Å². The molecule has 0 bridgehead atoms. The molecule has 2 aromatic heterocycles. The standard InChI is InChI=1S/C20H26N4O3/c1-2-22-19(25)18-12-17(27-23-18)14-24(13-15-8-10-21-11-9-15)20(26)16-6-4-3-5-7-16/h8-12,16H,2-7,13-14H2,1H3,(H,22,25).